The number of hydrogen-bond donors (Lipinski definition) is 2. The Bertz CT molecular complexity index is 752. The number of sulfone groups is 1. The molecule has 0 saturated carbocycles. The Hall–Kier alpha value is -1.31. The van der Waals surface area contributed by atoms with Crippen LogP contribution in [0.4, 0.5) is 0 Å². The molecule has 1 aromatic carbocycles. The molecule has 2 atom stereocenters. The van der Waals surface area contributed by atoms with Crippen LogP contribution in [0.2, 0.25) is 10.0 Å². The first-order chi connectivity index (χ1) is 11.2. The van der Waals surface area contributed by atoms with Gasteiger partial charge in [-0.15, -0.1) is 0 Å². The van der Waals surface area contributed by atoms with Crippen molar-refractivity contribution in [3.63, 3.8) is 0 Å². The minimum absolute atomic E-state index is 0.0699. The fraction of sp³-hybridized carbons (Fsp3) is 0.467. The third-order valence-electron chi connectivity index (χ3n) is 3.75. The second kappa shape index (κ2) is 7.72. The van der Waals surface area contributed by atoms with E-state index in [4.69, 9.17) is 23.2 Å². The second-order valence-electron chi connectivity index (χ2n) is 5.76. The van der Waals surface area contributed by atoms with Crippen molar-refractivity contribution in [1.29, 1.82) is 0 Å². The van der Waals surface area contributed by atoms with Crippen molar-refractivity contribution in [3.8, 4) is 0 Å². The lowest BCUT2D eigenvalue weighted by Crippen LogP contribution is -2.51. The summed E-state index contributed by atoms with van der Waals surface area (Å²) in [5.74, 6) is -0.886. The van der Waals surface area contributed by atoms with Gasteiger partial charge in [0.15, 0.2) is 9.84 Å². The predicted octanol–water partition coefficient (Wildman–Crippen LogP) is 1.81. The highest BCUT2D eigenvalue weighted by Crippen LogP contribution is 2.25. The van der Waals surface area contributed by atoms with Crippen molar-refractivity contribution in [3.05, 3.63) is 33.8 Å². The van der Waals surface area contributed by atoms with Crippen LogP contribution in [0.3, 0.4) is 0 Å². The van der Waals surface area contributed by atoms with Gasteiger partial charge in [0.05, 0.1) is 27.1 Å². The number of rotatable bonds is 4. The van der Waals surface area contributed by atoms with Gasteiger partial charge < -0.3 is 10.6 Å². The highest BCUT2D eigenvalue weighted by molar-refractivity contribution is 7.91. The first-order valence-corrected chi connectivity index (χ1v) is 10.0. The van der Waals surface area contributed by atoms with E-state index >= 15 is 0 Å². The maximum absolute atomic E-state index is 12.2. The number of benzene rings is 1. The average Bonchev–Trinajstić information content (AvgIpc) is 2.48. The Morgan fingerprint density at radius 3 is 2.67 bits per heavy atom. The summed E-state index contributed by atoms with van der Waals surface area (Å²) in [4.78, 5) is 24.4. The Kier molecular flexibility index (Phi) is 6.11. The molecule has 0 spiro atoms. The van der Waals surface area contributed by atoms with Gasteiger partial charge in [-0.1, -0.05) is 29.3 Å². The zero-order chi connectivity index (χ0) is 17.9. The molecule has 2 amide bonds. The predicted molar refractivity (Wildman–Crippen MR) is 93.2 cm³/mol. The largest absolute Gasteiger partial charge is 0.351 e. The van der Waals surface area contributed by atoms with Crippen LogP contribution in [0.15, 0.2) is 18.2 Å². The van der Waals surface area contributed by atoms with Crippen LogP contribution < -0.4 is 10.6 Å². The molecular weight excluding hydrogens is 375 g/mol. The second-order valence-corrected chi connectivity index (χ2v) is 8.77. The van der Waals surface area contributed by atoms with Gasteiger partial charge in [0.25, 0.3) is 5.91 Å². The quantitative estimate of drug-likeness (QED) is 0.816. The van der Waals surface area contributed by atoms with Crippen LogP contribution >= 0.6 is 23.2 Å². The Balaban J connectivity index is 1.96. The molecule has 0 aliphatic carbocycles. The topological polar surface area (TPSA) is 92.3 Å². The molecule has 1 heterocycles. The molecule has 0 aromatic heterocycles. The molecule has 2 N–H and O–H groups in total. The molecule has 132 valence electrons. The maximum Gasteiger partial charge on any atom is 0.253 e. The lowest BCUT2D eigenvalue weighted by molar-refractivity contribution is -0.123. The normalized spacial score (nSPS) is 20.9. The van der Waals surface area contributed by atoms with E-state index in [0.29, 0.717) is 12.8 Å². The van der Waals surface area contributed by atoms with E-state index in [9.17, 15) is 18.0 Å². The van der Waals surface area contributed by atoms with Crippen LogP contribution in [0, 0.1) is 0 Å². The molecule has 1 aliphatic heterocycles. The number of carbonyl (C=O) groups excluding carboxylic acids is 2. The van der Waals surface area contributed by atoms with Crippen LogP contribution in [-0.4, -0.2) is 43.8 Å². The van der Waals surface area contributed by atoms with Gasteiger partial charge in [0, 0.05) is 6.04 Å². The molecule has 1 fully saturated rings. The van der Waals surface area contributed by atoms with Gasteiger partial charge in [-0.25, -0.2) is 8.42 Å². The highest BCUT2D eigenvalue weighted by atomic mass is 35.5. The first kappa shape index (κ1) is 19.0. The van der Waals surface area contributed by atoms with E-state index in [1.165, 1.54) is 13.0 Å². The van der Waals surface area contributed by atoms with Crippen molar-refractivity contribution in [1.82, 2.24) is 10.6 Å². The van der Waals surface area contributed by atoms with Crippen LogP contribution in [0.5, 0.6) is 0 Å². The molecule has 2 unspecified atom stereocenters. The average molecular weight is 393 g/mol. The summed E-state index contributed by atoms with van der Waals surface area (Å²) in [6.45, 7) is 1.52. The zero-order valence-corrected chi connectivity index (χ0v) is 15.3. The van der Waals surface area contributed by atoms with E-state index in [0.717, 1.165) is 0 Å². The first-order valence-electron chi connectivity index (χ1n) is 7.45. The Labute approximate surface area is 150 Å². The van der Waals surface area contributed by atoms with Crippen molar-refractivity contribution in [2.75, 3.05) is 11.5 Å². The number of carbonyl (C=O) groups is 2. The monoisotopic (exact) mass is 392 g/mol. The van der Waals surface area contributed by atoms with Crippen LogP contribution in [0.1, 0.15) is 30.1 Å². The standard InChI is InChI=1S/C15H18Cl2N2O4S/c1-9(14(20)19-10-4-3-7-24(22,23)8-10)18-15(21)11-5-2-6-12(16)13(11)17/h2,5-6,9-10H,3-4,7-8H2,1H3,(H,18,21)(H,19,20). The smallest absolute Gasteiger partial charge is 0.253 e. The molecule has 6 nitrogen and oxygen atoms in total. The molecule has 0 bridgehead atoms. The van der Waals surface area contributed by atoms with Crippen molar-refractivity contribution < 1.29 is 18.0 Å². The number of amides is 2. The summed E-state index contributed by atoms with van der Waals surface area (Å²) in [6.07, 6.45) is 1.12. The minimum atomic E-state index is -3.11. The van der Waals surface area contributed by atoms with Crippen LogP contribution in [0.25, 0.3) is 0 Å². The summed E-state index contributed by atoms with van der Waals surface area (Å²) in [5.41, 5.74) is 0.170. The zero-order valence-electron chi connectivity index (χ0n) is 13.0. The lowest BCUT2D eigenvalue weighted by Gasteiger charge is -2.24. The van der Waals surface area contributed by atoms with E-state index in [-0.39, 0.29) is 27.1 Å². The summed E-state index contributed by atoms with van der Waals surface area (Å²) < 4.78 is 23.2. The summed E-state index contributed by atoms with van der Waals surface area (Å²) >= 11 is 11.8. The molecule has 0 radical (unpaired) electrons. The summed E-state index contributed by atoms with van der Waals surface area (Å²) in [7, 11) is -3.11. The molecule has 1 saturated heterocycles. The van der Waals surface area contributed by atoms with Gasteiger partial charge in [0.1, 0.15) is 6.04 Å². The van der Waals surface area contributed by atoms with Gasteiger partial charge in [-0.3, -0.25) is 9.59 Å². The molecular formula is C15H18Cl2N2O4S. The SMILES string of the molecule is CC(NC(=O)c1cccc(Cl)c1Cl)C(=O)NC1CCCS(=O)(=O)C1. The Morgan fingerprint density at radius 1 is 1.29 bits per heavy atom. The molecule has 24 heavy (non-hydrogen) atoms. The van der Waals surface area contributed by atoms with E-state index in [1.54, 1.807) is 12.1 Å². The molecule has 9 heteroatoms. The fourth-order valence-corrected chi connectivity index (χ4v) is 4.50. The minimum Gasteiger partial charge on any atom is -0.351 e. The third-order valence-corrected chi connectivity index (χ3v) is 6.39. The fourth-order valence-electron chi connectivity index (χ4n) is 2.48. The molecule has 1 aliphatic rings. The van der Waals surface area contributed by atoms with Gasteiger partial charge >= 0.3 is 0 Å². The molecule has 2 rings (SSSR count). The summed E-state index contributed by atoms with van der Waals surface area (Å²) in [5, 5.41) is 5.55. The van der Waals surface area contributed by atoms with E-state index in [2.05, 4.69) is 10.6 Å². The van der Waals surface area contributed by atoms with Crippen LogP contribution in [-0.2, 0) is 14.6 Å². The van der Waals surface area contributed by atoms with E-state index < -0.39 is 33.7 Å². The van der Waals surface area contributed by atoms with Gasteiger partial charge in [0.2, 0.25) is 5.91 Å². The van der Waals surface area contributed by atoms with Crippen molar-refractivity contribution in [2.24, 2.45) is 0 Å². The number of nitrogens with one attached hydrogen (secondary N) is 2. The van der Waals surface area contributed by atoms with Gasteiger partial charge in [-0.05, 0) is 31.9 Å². The summed E-state index contributed by atoms with van der Waals surface area (Å²) in [6, 6.07) is 3.38. The highest BCUT2D eigenvalue weighted by Gasteiger charge is 2.27. The van der Waals surface area contributed by atoms with Crippen molar-refractivity contribution >= 4 is 44.9 Å². The maximum atomic E-state index is 12.2. The third kappa shape index (κ3) is 4.84. The lowest BCUT2D eigenvalue weighted by atomic mass is 10.1. The van der Waals surface area contributed by atoms with Gasteiger partial charge in [-0.2, -0.15) is 0 Å². The Morgan fingerprint density at radius 2 is 2.00 bits per heavy atom. The van der Waals surface area contributed by atoms with Crippen molar-refractivity contribution in [2.45, 2.75) is 31.8 Å². The molecule has 1 aromatic rings. The number of hydrogen-bond acceptors (Lipinski definition) is 4. The number of halogens is 2. The van der Waals surface area contributed by atoms with E-state index in [1.807, 2.05) is 0 Å².